The number of esters is 2. The van der Waals surface area contributed by atoms with Crippen LogP contribution in [0.1, 0.15) is 35.6 Å². The fourth-order valence-electron chi connectivity index (χ4n) is 5.49. The summed E-state index contributed by atoms with van der Waals surface area (Å²) in [6, 6.07) is 42.0. The van der Waals surface area contributed by atoms with Gasteiger partial charge in [0.2, 0.25) is 0 Å². The van der Waals surface area contributed by atoms with Gasteiger partial charge in [-0.15, -0.1) is 0 Å². The van der Waals surface area contributed by atoms with Crippen LogP contribution in [-0.4, -0.2) is 60.6 Å². The summed E-state index contributed by atoms with van der Waals surface area (Å²) in [6.07, 6.45) is 8.85. The van der Waals surface area contributed by atoms with Gasteiger partial charge in [0.05, 0.1) is 5.92 Å². The SMILES string of the molecule is C[C@@H]1C=[C-]C[C@@H]2C(=O)OC(=O)[C@H]12.O/N=C(/C(=N/O)c1ccccc1)c1ccccc1.O/N=C(/C(=N/O)c1ccccc1)c1ccccc1.[Co].c1ccncc1. The zero-order valence-electron chi connectivity index (χ0n) is 29.5. The molecule has 1 fully saturated rings. The van der Waals surface area contributed by atoms with E-state index in [0.717, 1.165) is 0 Å². The molecule has 13 heteroatoms. The summed E-state index contributed by atoms with van der Waals surface area (Å²) >= 11 is 0. The molecule has 1 aliphatic heterocycles. The van der Waals surface area contributed by atoms with Crippen molar-refractivity contribution in [3.8, 4) is 0 Å². The molecule has 1 saturated heterocycles. The topological polar surface area (TPSA) is 187 Å². The maximum Gasteiger partial charge on any atom is 0.317 e. The summed E-state index contributed by atoms with van der Waals surface area (Å²) in [5.74, 6) is -1.17. The molecule has 55 heavy (non-hydrogen) atoms. The molecule has 0 bridgehead atoms. The van der Waals surface area contributed by atoms with Crippen LogP contribution in [0.2, 0.25) is 0 Å². The smallest absolute Gasteiger partial charge is 0.317 e. The molecule has 1 aromatic heterocycles. The molecule has 12 nitrogen and oxygen atoms in total. The summed E-state index contributed by atoms with van der Waals surface area (Å²) in [7, 11) is 0. The number of pyridine rings is 1. The van der Waals surface area contributed by atoms with Crippen LogP contribution in [0.15, 0.2) is 179 Å². The first-order chi connectivity index (χ1) is 26.4. The van der Waals surface area contributed by atoms with Crippen LogP contribution in [0, 0.1) is 23.8 Å². The Balaban J connectivity index is 0.000000207. The maximum atomic E-state index is 11.1. The number of hydrogen-bond donors (Lipinski definition) is 4. The predicted molar refractivity (Wildman–Crippen MR) is 203 cm³/mol. The van der Waals surface area contributed by atoms with Crippen molar-refractivity contribution in [2.45, 2.75) is 13.3 Å². The number of hydrogen-bond acceptors (Lipinski definition) is 12. The van der Waals surface area contributed by atoms with Gasteiger partial charge < -0.3 is 31.6 Å². The van der Waals surface area contributed by atoms with Crippen LogP contribution < -0.4 is 0 Å². The van der Waals surface area contributed by atoms with Crippen LogP contribution in [0.5, 0.6) is 0 Å². The van der Waals surface area contributed by atoms with Gasteiger partial charge in [0.1, 0.15) is 22.8 Å². The number of ether oxygens (including phenoxy) is 1. The number of fused-ring (bicyclic) bond motifs is 1. The molecular formula is C42H38CoN5O7-. The molecule has 3 atom stereocenters. The van der Waals surface area contributed by atoms with E-state index in [0.29, 0.717) is 28.7 Å². The van der Waals surface area contributed by atoms with Gasteiger partial charge in [-0.2, -0.15) is 6.42 Å². The minimum atomic E-state index is -0.377. The van der Waals surface area contributed by atoms with Gasteiger partial charge in [-0.1, -0.05) is 155 Å². The molecule has 0 unspecified atom stereocenters. The van der Waals surface area contributed by atoms with Gasteiger partial charge in [0.15, 0.2) is 0 Å². The summed E-state index contributed by atoms with van der Waals surface area (Å²) in [5.41, 5.74) is 3.61. The first kappa shape index (κ1) is 42.7. The van der Waals surface area contributed by atoms with E-state index in [1.165, 1.54) is 0 Å². The molecule has 0 spiro atoms. The van der Waals surface area contributed by atoms with Gasteiger partial charge in [-0.3, -0.25) is 20.6 Å². The Labute approximate surface area is 328 Å². The van der Waals surface area contributed by atoms with E-state index in [2.05, 4.69) is 36.4 Å². The molecule has 0 amide bonds. The molecule has 0 saturated carbocycles. The van der Waals surface area contributed by atoms with Gasteiger partial charge in [-0.25, -0.2) is 0 Å². The third kappa shape index (κ3) is 12.2. The minimum Gasteiger partial charge on any atom is -0.499 e. The second-order valence-corrected chi connectivity index (χ2v) is 11.6. The Morgan fingerprint density at radius 3 is 1.15 bits per heavy atom. The van der Waals surface area contributed by atoms with Crippen LogP contribution in [0.3, 0.4) is 0 Å². The Morgan fingerprint density at radius 2 is 0.891 bits per heavy atom. The van der Waals surface area contributed by atoms with Crippen molar-refractivity contribution in [1.82, 2.24) is 4.98 Å². The molecule has 2 heterocycles. The Morgan fingerprint density at radius 1 is 0.564 bits per heavy atom. The fraction of sp³-hybridized carbons (Fsp3) is 0.119. The summed E-state index contributed by atoms with van der Waals surface area (Å²) in [6.45, 7) is 1.91. The minimum absolute atomic E-state index is 0. The van der Waals surface area contributed by atoms with E-state index in [4.69, 9.17) is 20.8 Å². The normalized spacial score (nSPS) is 17.7. The van der Waals surface area contributed by atoms with Gasteiger partial charge in [0, 0.05) is 57.3 Å². The molecule has 1 aliphatic carbocycles. The van der Waals surface area contributed by atoms with Gasteiger partial charge >= 0.3 is 11.9 Å². The van der Waals surface area contributed by atoms with Crippen molar-refractivity contribution in [3.63, 3.8) is 0 Å². The quantitative estimate of drug-likeness (QED) is 0.0346. The van der Waals surface area contributed by atoms with E-state index in [9.17, 15) is 9.59 Å². The van der Waals surface area contributed by atoms with E-state index in [1.54, 1.807) is 60.9 Å². The molecule has 4 aromatic carbocycles. The van der Waals surface area contributed by atoms with Crippen LogP contribution in [0.4, 0.5) is 0 Å². The van der Waals surface area contributed by atoms with Crippen LogP contribution >= 0.6 is 0 Å². The van der Waals surface area contributed by atoms with Crippen LogP contribution in [0.25, 0.3) is 0 Å². The number of nitrogens with zero attached hydrogens (tertiary/aromatic N) is 5. The number of carbonyl (C=O) groups is 2. The number of aromatic nitrogens is 1. The number of benzene rings is 4. The second-order valence-electron chi connectivity index (χ2n) is 11.6. The third-order valence-corrected chi connectivity index (χ3v) is 8.10. The predicted octanol–water partition coefficient (Wildman–Crippen LogP) is 7.27. The Bertz CT molecular complexity index is 1820. The average molecular weight is 784 g/mol. The number of cyclic esters (lactones) is 2. The largest absolute Gasteiger partial charge is 0.499 e. The van der Waals surface area contributed by atoms with Crippen molar-refractivity contribution in [3.05, 3.63) is 186 Å². The Kier molecular flexibility index (Phi) is 17.9. The van der Waals surface area contributed by atoms with E-state index < -0.39 is 0 Å². The van der Waals surface area contributed by atoms with Gasteiger partial charge in [-0.05, 0) is 18.1 Å². The van der Waals surface area contributed by atoms with Crippen molar-refractivity contribution < 1.29 is 51.9 Å². The summed E-state index contributed by atoms with van der Waals surface area (Å²) in [4.78, 5) is 26.0. The zero-order chi connectivity index (χ0) is 38.5. The standard InChI is InChI=1S/2C14H12N2O2.C9H9O3.C5H5N.Co/c2*17-15-13(11-7-3-1-4-8-11)14(16-18)12-9-5-2-6-10-12;1-5-3-2-4-6-7(5)9(11)12-8(6)10;1-2-4-6-5-3-1;/h2*1-10,17-18H;3,5-7H,4H2,1H3;1-5H;/q;;-1;;/b2*15-13+,16-14+;;;/t;;5-,6+,7-;;/m..1../s1. The molecular weight excluding hydrogens is 745 g/mol. The first-order valence-electron chi connectivity index (χ1n) is 16.7. The first-order valence-corrected chi connectivity index (χ1v) is 16.7. The second kappa shape index (κ2) is 23.1. The third-order valence-electron chi connectivity index (χ3n) is 8.10. The van der Waals surface area contributed by atoms with E-state index in [1.807, 2.05) is 104 Å². The number of rotatable bonds is 6. The maximum absolute atomic E-state index is 11.1. The Hall–Kier alpha value is -6.70. The summed E-state index contributed by atoms with van der Waals surface area (Å²) < 4.78 is 4.54. The molecule has 4 N–H and O–H groups in total. The fourth-order valence-corrected chi connectivity index (χ4v) is 5.49. The molecule has 1 radical (unpaired) electrons. The van der Waals surface area contributed by atoms with Crippen molar-refractivity contribution >= 4 is 34.8 Å². The molecule has 5 aromatic rings. The van der Waals surface area contributed by atoms with Crippen LogP contribution in [-0.2, 0) is 31.1 Å². The van der Waals surface area contributed by atoms with Crippen molar-refractivity contribution in [2.75, 3.05) is 0 Å². The average Bonchev–Trinajstić information content (AvgIpc) is 3.54. The molecule has 2 aliphatic rings. The van der Waals surface area contributed by atoms with E-state index >= 15 is 0 Å². The summed E-state index contributed by atoms with van der Waals surface area (Å²) in [5, 5.41) is 49.5. The van der Waals surface area contributed by atoms with E-state index in [-0.39, 0.29) is 69.3 Å². The molecule has 7 rings (SSSR count). The number of oxime groups is 4. The van der Waals surface area contributed by atoms with Crippen molar-refractivity contribution in [1.29, 1.82) is 0 Å². The molecule has 283 valence electrons. The number of allylic oxidation sites excluding steroid dienone is 2. The monoisotopic (exact) mass is 783 g/mol. The van der Waals surface area contributed by atoms with Gasteiger partial charge in [0.25, 0.3) is 0 Å². The van der Waals surface area contributed by atoms with Crippen molar-refractivity contribution in [2.24, 2.45) is 38.4 Å². The number of carbonyl (C=O) groups excluding carboxylic acids is 2. The zero-order valence-corrected chi connectivity index (χ0v) is 30.6.